The Balaban J connectivity index is 1.78. The summed E-state index contributed by atoms with van der Waals surface area (Å²) < 4.78 is 2.13. The number of benzene rings is 2. The highest BCUT2D eigenvalue weighted by molar-refractivity contribution is 7.71. The van der Waals surface area contributed by atoms with Gasteiger partial charge in [-0.15, -0.1) is 0 Å². The van der Waals surface area contributed by atoms with Crippen molar-refractivity contribution in [3.8, 4) is 5.69 Å². The predicted molar refractivity (Wildman–Crippen MR) is 102 cm³/mol. The number of carbonyl (C=O) groups excluding carboxylic acids is 2. The number of hydrogen-bond acceptors (Lipinski definition) is 3. The summed E-state index contributed by atoms with van der Waals surface area (Å²) in [5, 5.41) is 5.45. The molecule has 6 nitrogen and oxygen atoms in total. The second-order valence-electron chi connectivity index (χ2n) is 5.61. The maximum absolute atomic E-state index is 12.6. The minimum Gasteiger partial charge on any atom is -0.355 e. The minimum absolute atomic E-state index is 0.165. The zero-order chi connectivity index (χ0) is 18.5. The fourth-order valence-electron chi connectivity index (χ4n) is 2.61. The molecule has 0 unspecified atom stereocenters. The lowest BCUT2D eigenvalue weighted by Crippen LogP contribution is -2.25. The second kappa shape index (κ2) is 7.79. The van der Waals surface area contributed by atoms with E-state index in [-0.39, 0.29) is 11.8 Å². The number of H-pyrrole nitrogens is 1. The number of rotatable bonds is 5. The summed E-state index contributed by atoms with van der Waals surface area (Å²) in [5.74, 6) is -0.423. The van der Waals surface area contributed by atoms with Gasteiger partial charge in [-0.3, -0.25) is 14.2 Å². The number of para-hydroxylation sites is 1. The summed E-state index contributed by atoms with van der Waals surface area (Å²) in [7, 11) is 1.58. The van der Waals surface area contributed by atoms with Crippen molar-refractivity contribution in [1.82, 2.24) is 20.2 Å². The summed E-state index contributed by atoms with van der Waals surface area (Å²) in [6, 6.07) is 16.6. The van der Waals surface area contributed by atoms with Crippen molar-refractivity contribution in [3.05, 3.63) is 82.4 Å². The molecule has 7 heteroatoms. The average molecular weight is 366 g/mol. The normalized spacial score (nSPS) is 10.3. The lowest BCUT2D eigenvalue weighted by atomic mass is 10.1. The monoisotopic (exact) mass is 366 g/mol. The van der Waals surface area contributed by atoms with Gasteiger partial charge in [0.05, 0.1) is 0 Å². The summed E-state index contributed by atoms with van der Waals surface area (Å²) in [6.45, 7) is 0.302. The van der Waals surface area contributed by atoms with E-state index in [4.69, 9.17) is 12.2 Å². The third-order valence-corrected chi connectivity index (χ3v) is 4.19. The summed E-state index contributed by atoms with van der Waals surface area (Å²) in [6.07, 6.45) is 1.59. The molecule has 0 aliphatic rings. The SMILES string of the molecule is CNC(=O)c1cccc(CNC(=O)c2c[nH]c(=S)n2-c2ccccc2)c1. The number of nitrogens with zero attached hydrogens (tertiary/aromatic N) is 1. The zero-order valence-electron chi connectivity index (χ0n) is 14.2. The Kier molecular flexibility index (Phi) is 5.28. The van der Waals surface area contributed by atoms with Crippen LogP contribution in [-0.4, -0.2) is 28.4 Å². The molecule has 0 aliphatic heterocycles. The van der Waals surface area contributed by atoms with Crippen molar-refractivity contribution >= 4 is 24.0 Å². The lowest BCUT2D eigenvalue weighted by molar-refractivity contribution is 0.0942. The number of aromatic nitrogens is 2. The molecule has 3 N–H and O–H groups in total. The van der Waals surface area contributed by atoms with Gasteiger partial charge in [0.25, 0.3) is 11.8 Å². The van der Waals surface area contributed by atoms with Crippen LogP contribution in [0.1, 0.15) is 26.4 Å². The molecule has 3 rings (SSSR count). The predicted octanol–water partition coefficient (Wildman–Crippen LogP) is 2.82. The number of amides is 2. The highest BCUT2D eigenvalue weighted by atomic mass is 32.1. The molecule has 0 fully saturated rings. The smallest absolute Gasteiger partial charge is 0.270 e. The van der Waals surface area contributed by atoms with Crippen LogP contribution >= 0.6 is 12.2 Å². The molecule has 0 atom stereocenters. The van der Waals surface area contributed by atoms with Crippen LogP contribution in [0.25, 0.3) is 5.69 Å². The van der Waals surface area contributed by atoms with E-state index in [9.17, 15) is 9.59 Å². The first-order valence-corrected chi connectivity index (χ1v) is 8.46. The summed E-state index contributed by atoms with van der Waals surface area (Å²) >= 11 is 5.29. The van der Waals surface area contributed by atoms with Gasteiger partial charge in [0.1, 0.15) is 5.69 Å². The van der Waals surface area contributed by atoms with Crippen LogP contribution in [0.2, 0.25) is 0 Å². The molecule has 0 saturated heterocycles. The van der Waals surface area contributed by atoms with Crippen LogP contribution in [0, 0.1) is 4.77 Å². The largest absolute Gasteiger partial charge is 0.355 e. The standard InChI is InChI=1S/C19H18N4O2S/c1-20-17(24)14-7-5-6-13(10-14)11-21-18(25)16-12-22-19(26)23(16)15-8-3-2-4-9-15/h2-10,12H,11H2,1H3,(H,20,24)(H,21,25)(H,22,26). The molecule has 2 amide bonds. The highest BCUT2D eigenvalue weighted by Gasteiger charge is 2.14. The number of carbonyl (C=O) groups is 2. The van der Waals surface area contributed by atoms with Crippen molar-refractivity contribution in [2.75, 3.05) is 7.05 Å². The fraction of sp³-hybridized carbons (Fsp3) is 0.105. The van der Waals surface area contributed by atoms with Crippen molar-refractivity contribution in [3.63, 3.8) is 0 Å². The van der Waals surface area contributed by atoms with E-state index in [0.717, 1.165) is 11.3 Å². The topological polar surface area (TPSA) is 78.9 Å². The van der Waals surface area contributed by atoms with Gasteiger partial charge in [0.2, 0.25) is 0 Å². The molecule has 0 radical (unpaired) electrons. The lowest BCUT2D eigenvalue weighted by Gasteiger charge is -2.10. The Morgan fingerprint density at radius 2 is 1.85 bits per heavy atom. The summed E-state index contributed by atoms with van der Waals surface area (Å²) in [5.41, 5.74) is 2.61. The Bertz CT molecular complexity index is 992. The highest BCUT2D eigenvalue weighted by Crippen LogP contribution is 2.13. The van der Waals surface area contributed by atoms with Gasteiger partial charge in [-0.05, 0) is 42.0 Å². The zero-order valence-corrected chi connectivity index (χ0v) is 15.0. The Labute approximate surface area is 155 Å². The molecular formula is C19H18N4O2S. The minimum atomic E-state index is -0.258. The maximum atomic E-state index is 12.6. The molecule has 0 bridgehead atoms. The number of nitrogens with one attached hydrogen (secondary N) is 3. The van der Waals surface area contributed by atoms with Crippen LogP contribution in [0.3, 0.4) is 0 Å². The molecule has 3 aromatic rings. The van der Waals surface area contributed by atoms with Gasteiger partial charge >= 0.3 is 0 Å². The molecule has 132 valence electrons. The molecule has 0 aliphatic carbocycles. The van der Waals surface area contributed by atoms with E-state index in [1.54, 1.807) is 36.0 Å². The van der Waals surface area contributed by atoms with Gasteiger partial charge < -0.3 is 15.6 Å². The Morgan fingerprint density at radius 3 is 2.58 bits per heavy atom. The third-order valence-electron chi connectivity index (χ3n) is 3.89. The van der Waals surface area contributed by atoms with Crippen LogP contribution in [0.5, 0.6) is 0 Å². The van der Waals surface area contributed by atoms with Gasteiger partial charge in [-0.25, -0.2) is 0 Å². The van der Waals surface area contributed by atoms with E-state index in [1.807, 2.05) is 36.4 Å². The van der Waals surface area contributed by atoms with Gasteiger partial charge in [0, 0.05) is 31.0 Å². The first kappa shape index (κ1) is 17.6. The van der Waals surface area contributed by atoms with E-state index in [0.29, 0.717) is 22.6 Å². The molecule has 1 heterocycles. The van der Waals surface area contributed by atoms with Gasteiger partial charge in [0.15, 0.2) is 4.77 Å². The van der Waals surface area contributed by atoms with Crippen molar-refractivity contribution < 1.29 is 9.59 Å². The number of imidazole rings is 1. The van der Waals surface area contributed by atoms with Crippen molar-refractivity contribution in [1.29, 1.82) is 0 Å². The van der Waals surface area contributed by atoms with Crippen LogP contribution < -0.4 is 10.6 Å². The van der Waals surface area contributed by atoms with Crippen LogP contribution in [0.4, 0.5) is 0 Å². The van der Waals surface area contributed by atoms with E-state index < -0.39 is 0 Å². The molecule has 2 aromatic carbocycles. The first-order valence-electron chi connectivity index (χ1n) is 8.05. The number of aromatic amines is 1. The van der Waals surface area contributed by atoms with Gasteiger partial charge in [-0.1, -0.05) is 30.3 Å². The van der Waals surface area contributed by atoms with Crippen molar-refractivity contribution in [2.24, 2.45) is 0 Å². The second-order valence-corrected chi connectivity index (χ2v) is 6.00. The van der Waals surface area contributed by atoms with E-state index in [1.165, 1.54) is 0 Å². The van der Waals surface area contributed by atoms with Crippen LogP contribution in [-0.2, 0) is 6.54 Å². The molecule has 0 spiro atoms. The maximum Gasteiger partial charge on any atom is 0.270 e. The first-order chi connectivity index (χ1) is 12.6. The fourth-order valence-corrected chi connectivity index (χ4v) is 2.87. The Morgan fingerprint density at radius 1 is 1.08 bits per heavy atom. The van der Waals surface area contributed by atoms with E-state index in [2.05, 4.69) is 15.6 Å². The van der Waals surface area contributed by atoms with Crippen LogP contribution in [0.15, 0.2) is 60.8 Å². The molecule has 26 heavy (non-hydrogen) atoms. The Hall–Kier alpha value is -3.19. The molecule has 1 aromatic heterocycles. The van der Waals surface area contributed by atoms with Crippen molar-refractivity contribution in [2.45, 2.75) is 6.54 Å². The third kappa shape index (κ3) is 3.73. The number of hydrogen-bond donors (Lipinski definition) is 3. The average Bonchev–Trinajstić information content (AvgIpc) is 3.08. The quantitative estimate of drug-likeness (QED) is 0.608. The van der Waals surface area contributed by atoms with E-state index >= 15 is 0 Å². The molecule has 0 saturated carbocycles. The summed E-state index contributed by atoms with van der Waals surface area (Å²) in [4.78, 5) is 27.2. The van der Waals surface area contributed by atoms with Gasteiger partial charge in [-0.2, -0.15) is 0 Å². The molecular weight excluding hydrogens is 348 g/mol.